The van der Waals surface area contributed by atoms with Gasteiger partial charge in [-0.3, -0.25) is 9.59 Å². The summed E-state index contributed by atoms with van der Waals surface area (Å²) in [5, 5.41) is 0. The Hall–Kier alpha value is -2.11. The van der Waals surface area contributed by atoms with E-state index in [0.717, 1.165) is 12.8 Å². The maximum absolute atomic E-state index is 12.5. The van der Waals surface area contributed by atoms with Gasteiger partial charge in [0.1, 0.15) is 0 Å². The molecule has 0 radical (unpaired) electrons. The van der Waals surface area contributed by atoms with Crippen LogP contribution in [0.25, 0.3) is 0 Å². The lowest BCUT2D eigenvalue weighted by molar-refractivity contribution is -0.123. The van der Waals surface area contributed by atoms with E-state index in [1.165, 1.54) is 6.20 Å². The molecule has 2 atom stereocenters. The molecule has 0 bridgehead atoms. The lowest BCUT2D eigenvalue weighted by Gasteiger charge is -2.36. The van der Waals surface area contributed by atoms with Gasteiger partial charge in [0.05, 0.1) is 18.1 Å². The molecule has 0 saturated carbocycles. The van der Waals surface area contributed by atoms with Crippen LogP contribution in [0.2, 0.25) is 0 Å². The lowest BCUT2D eigenvalue weighted by atomic mass is 9.92. The zero-order valence-electron chi connectivity index (χ0n) is 12.4. The Morgan fingerprint density at radius 3 is 2.76 bits per heavy atom. The normalized spacial score (nSPS) is 21.9. The molecule has 2 rings (SSSR count). The lowest BCUT2D eigenvalue weighted by Crippen LogP contribution is -2.48. The fourth-order valence-corrected chi connectivity index (χ4v) is 2.53. The first kappa shape index (κ1) is 15.3. The van der Waals surface area contributed by atoms with Crippen molar-refractivity contribution >= 4 is 11.8 Å². The van der Waals surface area contributed by atoms with Crippen molar-refractivity contribution in [2.45, 2.75) is 32.7 Å². The Kier molecular flexibility index (Phi) is 4.77. The Bertz CT molecular complexity index is 515. The number of pyridine rings is 1. The predicted molar refractivity (Wildman–Crippen MR) is 77.8 cm³/mol. The van der Waals surface area contributed by atoms with Gasteiger partial charge in [-0.25, -0.2) is 4.98 Å². The number of hydrogen-bond donors (Lipinski definition) is 1. The Balaban J connectivity index is 2.11. The first-order chi connectivity index (χ1) is 10.0. The van der Waals surface area contributed by atoms with Crippen LogP contribution in [0, 0.1) is 5.92 Å². The molecule has 0 spiro atoms. The van der Waals surface area contributed by atoms with Gasteiger partial charge in [0.25, 0.3) is 5.91 Å². The van der Waals surface area contributed by atoms with E-state index in [1.807, 2.05) is 13.8 Å². The van der Waals surface area contributed by atoms with Crippen LogP contribution in [0.15, 0.2) is 18.3 Å². The minimum absolute atomic E-state index is 0.0969. The molecule has 0 aliphatic carbocycles. The van der Waals surface area contributed by atoms with Gasteiger partial charge in [0, 0.05) is 24.8 Å². The molecule has 0 aromatic carbocycles. The average molecular weight is 291 g/mol. The van der Waals surface area contributed by atoms with Crippen molar-refractivity contribution in [3.05, 3.63) is 23.9 Å². The predicted octanol–water partition coefficient (Wildman–Crippen LogP) is 1.21. The molecule has 1 aromatic heterocycles. The molecule has 1 aromatic rings. The van der Waals surface area contributed by atoms with Crippen molar-refractivity contribution in [2.24, 2.45) is 11.7 Å². The second-order valence-electron chi connectivity index (χ2n) is 5.30. The van der Waals surface area contributed by atoms with Gasteiger partial charge in [-0.05, 0) is 32.8 Å². The SMILES string of the molecule is CCOc1ccc(C(=O)N2CC(C(N)=O)CCC2C)cn1. The van der Waals surface area contributed by atoms with Crippen LogP contribution in [0.1, 0.15) is 37.0 Å². The molecule has 6 heteroatoms. The van der Waals surface area contributed by atoms with Gasteiger partial charge < -0.3 is 15.4 Å². The summed E-state index contributed by atoms with van der Waals surface area (Å²) in [6, 6.07) is 3.47. The molecular formula is C15H21N3O3. The molecule has 6 nitrogen and oxygen atoms in total. The number of carbonyl (C=O) groups excluding carboxylic acids is 2. The molecule has 1 fully saturated rings. The summed E-state index contributed by atoms with van der Waals surface area (Å²) in [5.74, 6) is -0.231. The highest BCUT2D eigenvalue weighted by molar-refractivity contribution is 5.94. The van der Waals surface area contributed by atoms with E-state index < -0.39 is 0 Å². The van der Waals surface area contributed by atoms with Crippen LogP contribution in [0.4, 0.5) is 0 Å². The minimum Gasteiger partial charge on any atom is -0.478 e. The van der Waals surface area contributed by atoms with Crippen molar-refractivity contribution < 1.29 is 14.3 Å². The highest BCUT2D eigenvalue weighted by atomic mass is 16.5. The van der Waals surface area contributed by atoms with E-state index >= 15 is 0 Å². The molecule has 114 valence electrons. The van der Waals surface area contributed by atoms with Gasteiger partial charge >= 0.3 is 0 Å². The van der Waals surface area contributed by atoms with Crippen LogP contribution in [-0.4, -0.2) is 40.9 Å². The molecule has 2 unspecified atom stereocenters. The van der Waals surface area contributed by atoms with E-state index in [0.29, 0.717) is 24.6 Å². The summed E-state index contributed by atoms with van der Waals surface area (Å²) >= 11 is 0. The average Bonchev–Trinajstić information content (AvgIpc) is 2.48. The number of hydrogen-bond acceptors (Lipinski definition) is 4. The second kappa shape index (κ2) is 6.56. The molecule has 2 N–H and O–H groups in total. The van der Waals surface area contributed by atoms with Crippen molar-refractivity contribution in [3.63, 3.8) is 0 Å². The summed E-state index contributed by atoms with van der Waals surface area (Å²) < 4.78 is 5.26. The third kappa shape index (κ3) is 3.51. The maximum atomic E-state index is 12.5. The monoisotopic (exact) mass is 291 g/mol. The van der Waals surface area contributed by atoms with Crippen molar-refractivity contribution in [2.75, 3.05) is 13.2 Å². The maximum Gasteiger partial charge on any atom is 0.255 e. The van der Waals surface area contributed by atoms with E-state index in [4.69, 9.17) is 10.5 Å². The zero-order valence-corrected chi connectivity index (χ0v) is 12.4. The number of carbonyl (C=O) groups is 2. The fraction of sp³-hybridized carbons (Fsp3) is 0.533. The van der Waals surface area contributed by atoms with Crippen molar-refractivity contribution in [3.8, 4) is 5.88 Å². The second-order valence-corrected chi connectivity index (χ2v) is 5.30. The van der Waals surface area contributed by atoms with Gasteiger partial charge in [0.2, 0.25) is 11.8 Å². The number of nitrogens with zero attached hydrogens (tertiary/aromatic N) is 2. The van der Waals surface area contributed by atoms with E-state index in [9.17, 15) is 9.59 Å². The van der Waals surface area contributed by atoms with Crippen LogP contribution < -0.4 is 10.5 Å². The molecule has 1 aliphatic heterocycles. The number of primary amides is 1. The van der Waals surface area contributed by atoms with Gasteiger partial charge in [0.15, 0.2) is 0 Å². The summed E-state index contributed by atoms with van der Waals surface area (Å²) in [6.07, 6.45) is 3.03. The summed E-state index contributed by atoms with van der Waals surface area (Å²) in [6.45, 7) is 4.77. The van der Waals surface area contributed by atoms with E-state index in [2.05, 4.69) is 4.98 Å². The number of nitrogens with two attached hydrogens (primary N) is 1. The Morgan fingerprint density at radius 1 is 1.43 bits per heavy atom. The molecule has 1 aliphatic rings. The molecular weight excluding hydrogens is 270 g/mol. The largest absolute Gasteiger partial charge is 0.478 e. The van der Waals surface area contributed by atoms with E-state index in [1.54, 1.807) is 17.0 Å². The molecule has 1 saturated heterocycles. The summed E-state index contributed by atoms with van der Waals surface area (Å²) in [7, 11) is 0. The first-order valence-electron chi connectivity index (χ1n) is 7.22. The smallest absolute Gasteiger partial charge is 0.255 e. The number of ether oxygens (including phenoxy) is 1. The third-order valence-electron chi connectivity index (χ3n) is 3.82. The number of piperidine rings is 1. The number of amides is 2. The van der Waals surface area contributed by atoms with Crippen molar-refractivity contribution in [1.82, 2.24) is 9.88 Å². The number of likely N-dealkylation sites (tertiary alicyclic amines) is 1. The zero-order chi connectivity index (χ0) is 15.4. The van der Waals surface area contributed by atoms with Gasteiger partial charge in [-0.15, -0.1) is 0 Å². The van der Waals surface area contributed by atoms with Crippen LogP contribution >= 0.6 is 0 Å². The highest BCUT2D eigenvalue weighted by Gasteiger charge is 2.32. The molecule has 2 heterocycles. The first-order valence-corrected chi connectivity index (χ1v) is 7.22. The topological polar surface area (TPSA) is 85.5 Å². The van der Waals surface area contributed by atoms with Crippen LogP contribution in [0.3, 0.4) is 0 Å². The highest BCUT2D eigenvalue weighted by Crippen LogP contribution is 2.23. The minimum atomic E-state index is -0.343. The quantitative estimate of drug-likeness (QED) is 0.903. The molecule has 21 heavy (non-hydrogen) atoms. The summed E-state index contributed by atoms with van der Waals surface area (Å²) in [5.41, 5.74) is 5.86. The van der Waals surface area contributed by atoms with Crippen LogP contribution in [-0.2, 0) is 4.79 Å². The van der Waals surface area contributed by atoms with Crippen LogP contribution in [0.5, 0.6) is 5.88 Å². The Morgan fingerprint density at radius 2 is 2.19 bits per heavy atom. The number of rotatable bonds is 4. The number of aromatic nitrogens is 1. The summed E-state index contributed by atoms with van der Waals surface area (Å²) in [4.78, 5) is 29.7. The fourth-order valence-electron chi connectivity index (χ4n) is 2.53. The van der Waals surface area contributed by atoms with E-state index in [-0.39, 0.29) is 23.8 Å². The van der Waals surface area contributed by atoms with Gasteiger partial charge in [-0.1, -0.05) is 0 Å². The standard InChI is InChI=1S/C15H21N3O3/c1-3-21-13-7-6-11(8-17-13)15(20)18-9-12(14(16)19)5-4-10(18)2/h6-8,10,12H,3-5,9H2,1-2H3,(H2,16,19). The van der Waals surface area contributed by atoms with Crippen molar-refractivity contribution in [1.29, 1.82) is 0 Å². The Labute approximate surface area is 124 Å². The molecule has 2 amide bonds. The third-order valence-corrected chi connectivity index (χ3v) is 3.82. The van der Waals surface area contributed by atoms with Gasteiger partial charge in [-0.2, -0.15) is 0 Å².